The highest BCUT2D eigenvalue weighted by molar-refractivity contribution is 6.13. The van der Waals surface area contributed by atoms with Crippen molar-refractivity contribution in [3.63, 3.8) is 0 Å². The molecule has 0 aromatic carbocycles. The predicted octanol–water partition coefficient (Wildman–Crippen LogP) is -1.22. The third-order valence-electron chi connectivity index (χ3n) is 2.96. The van der Waals surface area contributed by atoms with Crippen molar-refractivity contribution in [2.24, 2.45) is 22.4 Å². The number of rotatable bonds is 5. The SMILES string of the molecule is C=C[C@H](CO)C1(C(N)=O)CC(O)=C(C(N)=O)C=N1. The molecule has 1 unspecified atom stereocenters. The van der Waals surface area contributed by atoms with Crippen LogP contribution in [0.25, 0.3) is 0 Å². The molecule has 0 spiro atoms. The van der Waals surface area contributed by atoms with E-state index in [2.05, 4.69) is 11.6 Å². The Bertz CT molecular complexity index is 455. The number of amides is 2. The van der Waals surface area contributed by atoms with E-state index in [1.807, 2.05) is 0 Å². The van der Waals surface area contributed by atoms with E-state index in [0.717, 1.165) is 6.21 Å². The Morgan fingerprint density at radius 1 is 1.61 bits per heavy atom. The van der Waals surface area contributed by atoms with Gasteiger partial charge >= 0.3 is 0 Å². The molecule has 0 radical (unpaired) electrons. The van der Waals surface area contributed by atoms with E-state index in [0.29, 0.717) is 0 Å². The maximum absolute atomic E-state index is 11.6. The monoisotopic (exact) mass is 253 g/mol. The molecule has 0 saturated heterocycles. The van der Waals surface area contributed by atoms with Crippen LogP contribution < -0.4 is 11.5 Å². The molecule has 0 fully saturated rings. The second kappa shape index (κ2) is 5.01. The third-order valence-corrected chi connectivity index (χ3v) is 2.96. The van der Waals surface area contributed by atoms with Gasteiger partial charge < -0.3 is 21.7 Å². The summed E-state index contributed by atoms with van der Waals surface area (Å²) in [5.74, 6) is -2.82. The summed E-state index contributed by atoms with van der Waals surface area (Å²) >= 11 is 0. The largest absolute Gasteiger partial charge is 0.511 e. The highest BCUT2D eigenvalue weighted by Gasteiger charge is 2.45. The van der Waals surface area contributed by atoms with Crippen LogP contribution in [-0.2, 0) is 9.59 Å². The first kappa shape index (κ1) is 13.9. The Morgan fingerprint density at radius 2 is 2.22 bits per heavy atom. The van der Waals surface area contributed by atoms with Crippen LogP contribution in [0.15, 0.2) is 29.0 Å². The standard InChI is InChI=1S/C11H15N3O4/c1-2-6(5-15)11(10(13)18)3-8(16)7(4-14-11)9(12)17/h2,4,6,15-16H,1,3,5H2,(H2,12,17)(H2,13,18)/t6-,11?/m1/s1. The van der Waals surface area contributed by atoms with E-state index >= 15 is 0 Å². The van der Waals surface area contributed by atoms with Crippen molar-refractivity contribution < 1.29 is 19.8 Å². The Morgan fingerprint density at radius 3 is 2.56 bits per heavy atom. The molecule has 1 rings (SSSR count). The minimum absolute atomic E-state index is 0.173. The summed E-state index contributed by atoms with van der Waals surface area (Å²) in [6.07, 6.45) is 2.02. The van der Waals surface area contributed by atoms with Gasteiger partial charge in [0.25, 0.3) is 5.91 Å². The van der Waals surface area contributed by atoms with Gasteiger partial charge in [-0.3, -0.25) is 14.6 Å². The molecule has 0 aliphatic carbocycles. The second-order valence-corrected chi connectivity index (χ2v) is 3.97. The van der Waals surface area contributed by atoms with Gasteiger partial charge in [0, 0.05) is 18.6 Å². The smallest absolute Gasteiger partial charge is 0.253 e. The van der Waals surface area contributed by atoms with E-state index in [9.17, 15) is 19.8 Å². The Labute approximate surface area is 103 Å². The van der Waals surface area contributed by atoms with Crippen molar-refractivity contribution >= 4 is 18.0 Å². The number of primary amides is 2. The first-order valence-electron chi connectivity index (χ1n) is 5.19. The number of aliphatic hydroxyl groups is 2. The Kier molecular flexibility index (Phi) is 3.87. The maximum atomic E-state index is 11.6. The second-order valence-electron chi connectivity index (χ2n) is 3.97. The van der Waals surface area contributed by atoms with Crippen LogP contribution in [0.5, 0.6) is 0 Å². The summed E-state index contributed by atoms with van der Waals surface area (Å²) in [5, 5.41) is 18.9. The maximum Gasteiger partial charge on any atom is 0.253 e. The fourth-order valence-electron chi connectivity index (χ4n) is 1.84. The van der Waals surface area contributed by atoms with Gasteiger partial charge in [-0.05, 0) is 0 Å². The average molecular weight is 253 g/mol. The number of carbonyl (C=O) groups is 2. The van der Waals surface area contributed by atoms with Gasteiger partial charge in [0.15, 0.2) is 5.54 Å². The molecule has 98 valence electrons. The lowest BCUT2D eigenvalue weighted by Crippen LogP contribution is -2.51. The van der Waals surface area contributed by atoms with Gasteiger partial charge in [0.05, 0.1) is 12.2 Å². The lowest BCUT2D eigenvalue weighted by molar-refractivity contribution is -0.125. The summed E-state index contributed by atoms with van der Waals surface area (Å²) < 4.78 is 0. The van der Waals surface area contributed by atoms with E-state index in [4.69, 9.17) is 11.5 Å². The van der Waals surface area contributed by atoms with Crippen molar-refractivity contribution in [3.8, 4) is 0 Å². The van der Waals surface area contributed by atoms with Gasteiger partial charge in [0.1, 0.15) is 5.76 Å². The van der Waals surface area contributed by atoms with Crippen LogP contribution in [-0.4, -0.2) is 40.4 Å². The summed E-state index contributed by atoms with van der Waals surface area (Å²) in [6, 6.07) is 0. The van der Waals surface area contributed by atoms with Crippen molar-refractivity contribution in [3.05, 3.63) is 24.0 Å². The summed E-state index contributed by atoms with van der Waals surface area (Å²) in [5.41, 5.74) is 8.59. The lowest BCUT2D eigenvalue weighted by Gasteiger charge is -2.34. The predicted molar refractivity (Wildman–Crippen MR) is 64.7 cm³/mol. The molecular weight excluding hydrogens is 238 g/mol. The first-order chi connectivity index (χ1) is 8.39. The average Bonchev–Trinajstić information content (AvgIpc) is 2.29. The van der Waals surface area contributed by atoms with E-state index in [1.54, 1.807) is 0 Å². The molecule has 0 saturated carbocycles. The highest BCUT2D eigenvalue weighted by Crippen LogP contribution is 2.33. The summed E-state index contributed by atoms with van der Waals surface area (Å²) in [7, 11) is 0. The lowest BCUT2D eigenvalue weighted by atomic mass is 9.78. The van der Waals surface area contributed by atoms with Crippen molar-refractivity contribution in [1.82, 2.24) is 0 Å². The third kappa shape index (κ3) is 2.12. The molecule has 0 bridgehead atoms. The van der Waals surface area contributed by atoms with E-state index in [-0.39, 0.29) is 17.8 Å². The zero-order valence-electron chi connectivity index (χ0n) is 9.67. The number of aliphatic imine (C=N–C) groups is 1. The minimum atomic E-state index is -1.54. The van der Waals surface area contributed by atoms with Crippen molar-refractivity contribution in [1.29, 1.82) is 0 Å². The molecule has 7 heteroatoms. The topological polar surface area (TPSA) is 139 Å². The summed E-state index contributed by atoms with van der Waals surface area (Å²) in [4.78, 5) is 26.4. The molecule has 2 atom stereocenters. The van der Waals surface area contributed by atoms with E-state index in [1.165, 1.54) is 6.08 Å². The minimum Gasteiger partial charge on any atom is -0.511 e. The molecule has 1 aliphatic heterocycles. The number of aliphatic hydroxyl groups excluding tert-OH is 2. The molecule has 0 aromatic rings. The van der Waals surface area contributed by atoms with Crippen LogP contribution in [0.4, 0.5) is 0 Å². The van der Waals surface area contributed by atoms with Gasteiger partial charge in [-0.1, -0.05) is 6.08 Å². The van der Waals surface area contributed by atoms with Gasteiger partial charge in [0.2, 0.25) is 5.91 Å². The number of hydrogen-bond donors (Lipinski definition) is 4. The van der Waals surface area contributed by atoms with E-state index < -0.39 is 29.9 Å². The van der Waals surface area contributed by atoms with Gasteiger partial charge in [-0.2, -0.15) is 0 Å². The van der Waals surface area contributed by atoms with Crippen LogP contribution in [0.2, 0.25) is 0 Å². The first-order valence-corrected chi connectivity index (χ1v) is 5.19. The number of nitrogens with zero attached hydrogens (tertiary/aromatic N) is 1. The molecule has 2 amide bonds. The van der Waals surface area contributed by atoms with Crippen LogP contribution >= 0.6 is 0 Å². The molecule has 0 aromatic heterocycles. The van der Waals surface area contributed by atoms with Crippen LogP contribution in [0.3, 0.4) is 0 Å². The van der Waals surface area contributed by atoms with Gasteiger partial charge in [-0.15, -0.1) is 6.58 Å². The number of dihydropyridines is 1. The molecule has 6 N–H and O–H groups in total. The van der Waals surface area contributed by atoms with Crippen LogP contribution in [0, 0.1) is 5.92 Å². The fourth-order valence-corrected chi connectivity index (χ4v) is 1.84. The fraction of sp³-hybridized carbons (Fsp3) is 0.364. The molecule has 1 aliphatic rings. The quantitative estimate of drug-likeness (QED) is 0.456. The molecule has 7 nitrogen and oxygen atoms in total. The Hall–Kier alpha value is -2.15. The zero-order chi connectivity index (χ0) is 13.9. The zero-order valence-corrected chi connectivity index (χ0v) is 9.67. The molecule has 18 heavy (non-hydrogen) atoms. The number of carbonyl (C=O) groups excluding carboxylic acids is 2. The van der Waals surface area contributed by atoms with Crippen LogP contribution in [0.1, 0.15) is 6.42 Å². The Balaban J connectivity index is 3.23. The number of hydrogen-bond acceptors (Lipinski definition) is 5. The number of nitrogens with two attached hydrogens (primary N) is 2. The van der Waals surface area contributed by atoms with Crippen molar-refractivity contribution in [2.45, 2.75) is 12.0 Å². The van der Waals surface area contributed by atoms with Crippen molar-refractivity contribution in [2.75, 3.05) is 6.61 Å². The molecular formula is C11H15N3O4. The normalized spacial score (nSPS) is 24.7. The molecule has 1 heterocycles. The highest BCUT2D eigenvalue weighted by atomic mass is 16.3. The summed E-state index contributed by atoms with van der Waals surface area (Å²) in [6.45, 7) is 3.07. The van der Waals surface area contributed by atoms with Gasteiger partial charge in [-0.25, -0.2) is 0 Å².